The van der Waals surface area contributed by atoms with Crippen LogP contribution in [-0.4, -0.2) is 71.9 Å². The number of rotatable bonds is 10. The first-order valence-corrected chi connectivity index (χ1v) is 12.6. The Labute approximate surface area is 218 Å². The SMILES string of the molecule is CNN(C)C(=O)[C@H](CC(C)C)N[C@H](CCN1C(=O)c2cc3ccccc3cc2C1=O)C(=O)OC(C)(C)C. The fourth-order valence-electron chi connectivity index (χ4n) is 4.38. The molecule has 2 atom stereocenters. The summed E-state index contributed by atoms with van der Waals surface area (Å²) >= 11 is 0. The molecule has 0 radical (unpaired) electrons. The van der Waals surface area contributed by atoms with Gasteiger partial charge < -0.3 is 4.74 Å². The Morgan fingerprint density at radius 1 is 1.00 bits per heavy atom. The minimum absolute atomic E-state index is 0.00403. The first kappa shape index (κ1) is 28.3. The Hall–Kier alpha value is -3.30. The average molecular weight is 511 g/mol. The summed E-state index contributed by atoms with van der Waals surface area (Å²) < 4.78 is 5.62. The van der Waals surface area contributed by atoms with Gasteiger partial charge in [-0.05, 0) is 62.4 Å². The molecule has 3 rings (SSSR count). The fourth-order valence-corrected chi connectivity index (χ4v) is 4.38. The van der Waals surface area contributed by atoms with Gasteiger partial charge in [-0.15, -0.1) is 0 Å². The first-order chi connectivity index (χ1) is 17.3. The molecule has 0 bridgehead atoms. The predicted molar refractivity (Wildman–Crippen MR) is 142 cm³/mol. The van der Waals surface area contributed by atoms with Crippen molar-refractivity contribution in [2.24, 2.45) is 5.92 Å². The summed E-state index contributed by atoms with van der Waals surface area (Å²) in [5, 5.41) is 6.28. The van der Waals surface area contributed by atoms with Crippen molar-refractivity contribution in [3.8, 4) is 0 Å². The van der Waals surface area contributed by atoms with Crippen molar-refractivity contribution in [1.82, 2.24) is 20.7 Å². The lowest BCUT2D eigenvalue weighted by Gasteiger charge is -2.30. The molecular weight excluding hydrogens is 472 g/mol. The number of imide groups is 1. The summed E-state index contributed by atoms with van der Waals surface area (Å²) in [4.78, 5) is 53.7. The lowest BCUT2D eigenvalue weighted by atomic mass is 10.0. The molecule has 2 aromatic carbocycles. The lowest BCUT2D eigenvalue weighted by Crippen LogP contribution is -2.55. The van der Waals surface area contributed by atoms with E-state index in [4.69, 9.17) is 4.74 Å². The van der Waals surface area contributed by atoms with E-state index in [2.05, 4.69) is 10.7 Å². The van der Waals surface area contributed by atoms with E-state index in [1.54, 1.807) is 47.0 Å². The number of esters is 1. The molecule has 0 saturated carbocycles. The Balaban J connectivity index is 1.84. The van der Waals surface area contributed by atoms with Gasteiger partial charge in [-0.25, -0.2) is 5.43 Å². The van der Waals surface area contributed by atoms with Crippen LogP contribution in [0, 0.1) is 5.92 Å². The average Bonchev–Trinajstić information content (AvgIpc) is 3.05. The van der Waals surface area contributed by atoms with Crippen LogP contribution >= 0.6 is 0 Å². The highest BCUT2D eigenvalue weighted by molar-refractivity contribution is 6.23. The number of amides is 3. The van der Waals surface area contributed by atoms with Gasteiger partial charge in [-0.1, -0.05) is 38.1 Å². The van der Waals surface area contributed by atoms with Crippen molar-refractivity contribution in [3.63, 3.8) is 0 Å². The van der Waals surface area contributed by atoms with Crippen LogP contribution in [0.15, 0.2) is 36.4 Å². The van der Waals surface area contributed by atoms with Crippen LogP contribution in [0.1, 0.15) is 68.2 Å². The smallest absolute Gasteiger partial charge is 0.323 e. The summed E-state index contributed by atoms with van der Waals surface area (Å²) in [6.07, 6.45) is 0.592. The molecule has 2 N–H and O–H groups in total. The molecule has 0 aromatic heterocycles. The van der Waals surface area contributed by atoms with Gasteiger partial charge in [-0.3, -0.25) is 34.4 Å². The predicted octanol–water partition coefficient (Wildman–Crippen LogP) is 3.13. The summed E-state index contributed by atoms with van der Waals surface area (Å²) in [7, 11) is 3.25. The molecule has 9 nitrogen and oxygen atoms in total. The topological polar surface area (TPSA) is 108 Å². The maximum absolute atomic E-state index is 13.2. The number of hydrogen-bond donors (Lipinski definition) is 2. The summed E-state index contributed by atoms with van der Waals surface area (Å²) in [6, 6.07) is 9.46. The Morgan fingerprint density at radius 3 is 2.00 bits per heavy atom. The maximum Gasteiger partial charge on any atom is 0.323 e. The number of nitrogens with zero attached hydrogens (tertiary/aromatic N) is 2. The zero-order chi connectivity index (χ0) is 27.5. The van der Waals surface area contributed by atoms with E-state index >= 15 is 0 Å². The minimum Gasteiger partial charge on any atom is -0.459 e. The van der Waals surface area contributed by atoms with Gasteiger partial charge in [0.05, 0.1) is 17.2 Å². The Morgan fingerprint density at radius 2 is 1.54 bits per heavy atom. The van der Waals surface area contributed by atoms with Crippen molar-refractivity contribution in [2.75, 3.05) is 20.6 Å². The molecule has 37 heavy (non-hydrogen) atoms. The van der Waals surface area contributed by atoms with Gasteiger partial charge in [0.25, 0.3) is 17.7 Å². The van der Waals surface area contributed by atoms with Gasteiger partial charge in [0, 0.05) is 20.6 Å². The Bertz CT molecular complexity index is 1130. The van der Waals surface area contributed by atoms with Crippen molar-refractivity contribution < 1.29 is 23.9 Å². The molecule has 9 heteroatoms. The van der Waals surface area contributed by atoms with Crippen LogP contribution in [0.4, 0.5) is 0 Å². The number of fused-ring (bicyclic) bond motifs is 2. The third kappa shape index (κ3) is 6.72. The number of likely N-dealkylation sites (N-methyl/N-ethyl adjacent to an activating group) is 1. The summed E-state index contributed by atoms with van der Waals surface area (Å²) in [6.45, 7) is 9.29. The number of hydrazine groups is 1. The molecule has 0 saturated heterocycles. The molecule has 1 aliphatic heterocycles. The zero-order valence-electron chi connectivity index (χ0n) is 22.8. The van der Waals surface area contributed by atoms with Gasteiger partial charge >= 0.3 is 5.97 Å². The molecule has 200 valence electrons. The van der Waals surface area contributed by atoms with Crippen LogP contribution in [0.25, 0.3) is 10.8 Å². The number of carbonyl (C=O) groups excluding carboxylic acids is 4. The van der Waals surface area contributed by atoms with Gasteiger partial charge in [0.1, 0.15) is 11.6 Å². The zero-order valence-corrected chi connectivity index (χ0v) is 22.8. The number of ether oxygens (including phenoxy) is 1. The van der Waals surface area contributed by atoms with E-state index in [1.165, 1.54) is 9.91 Å². The fraction of sp³-hybridized carbons (Fsp3) is 0.500. The number of nitrogens with one attached hydrogen (secondary N) is 2. The van der Waals surface area contributed by atoms with Crippen molar-refractivity contribution in [3.05, 3.63) is 47.5 Å². The van der Waals surface area contributed by atoms with Crippen LogP contribution < -0.4 is 10.7 Å². The lowest BCUT2D eigenvalue weighted by molar-refractivity contribution is -0.158. The number of hydrogen-bond acceptors (Lipinski definition) is 7. The third-order valence-electron chi connectivity index (χ3n) is 6.24. The molecule has 0 fully saturated rings. The summed E-state index contributed by atoms with van der Waals surface area (Å²) in [5.74, 6) is -1.37. The van der Waals surface area contributed by atoms with Crippen molar-refractivity contribution in [1.29, 1.82) is 0 Å². The second-order valence-corrected chi connectivity index (χ2v) is 10.9. The molecule has 0 unspecified atom stereocenters. The maximum atomic E-state index is 13.2. The van der Waals surface area contributed by atoms with Crippen molar-refractivity contribution in [2.45, 2.75) is 65.1 Å². The van der Waals surface area contributed by atoms with Crippen LogP contribution in [-0.2, 0) is 14.3 Å². The first-order valence-electron chi connectivity index (χ1n) is 12.6. The van der Waals surface area contributed by atoms with Crippen LogP contribution in [0.5, 0.6) is 0 Å². The summed E-state index contributed by atoms with van der Waals surface area (Å²) in [5.41, 5.74) is 2.77. The van der Waals surface area contributed by atoms with E-state index in [0.717, 1.165) is 10.8 Å². The molecule has 1 aliphatic rings. The number of benzene rings is 2. The van der Waals surface area contributed by atoms with Gasteiger partial charge in [-0.2, -0.15) is 0 Å². The van der Waals surface area contributed by atoms with E-state index in [1.807, 2.05) is 38.1 Å². The molecule has 1 heterocycles. The molecular formula is C28H38N4O5. The van der Waals surface area contributed by atoms with E-state index in [-0.39, 0.29) is 24.8 Å². The third-order valence-corrected chi connectivity index (χ3v) is 6.24. The minimum atomic E-state index is -0.902. The Kier molecular flexibility index (Phi) is 8.71. The second-order valence-electron chi connectivity index (χ2n) is 10.9. The highest BCUT2D eigenvalue weighted by Crippen LogP contribution is 2.28. The standard InChI is InChI=1S/C28H38N4O5/c1-17(2)14-23(26(35)31(7)29-6)30-22(27(36)37-28(3,4)5)12-13-32-24(33)20-15-18-10-8-9-11-19(18)16-21(20)25(32)34/h8-11,15-17,22-23,29-30H,12-14H2,1-7H3/t22-,23+/m1/s1. The normalized spacial score (nSPS) is 15.2. The molecule has 2 aromatic rings. The van der Waals surface area contributed by atoms with E-state index in [9.17, 15) is 19.2 Å². The molecule has 3 amide bonds. The van der Waals surface area contributed by atoms with Crippen molar-refractivity contribution >= 4 is 34.5 Å². The van der Waals surface area contributed by atoms with E-state index in [0.29, 0.717) is 17.5 Å². The largest absolute Gasteiger partial charge is 0.459 e. The quantitative estimate of drug-likeness (QED) is 0.287. The highest BCUT2D eigenvalue weighted by Gasteiger charge is 2.38. The number of carbonyl (C=O) groups is 4. The monoisotopic (exact) mass is 510 g/mol. The van der Waals surface area contributed by atoms with Gasteiger partial charge in [0.2, 0.25) is 0 Å². The molecule has 0 spiro atoms. The van der Waals surface area contributed by atoms with Crippen LogP contribution in [0.3, 0.4) is 0 Å². The molecule has 0 aliphatic carbocycles. The highest BCUT2D eigenvalue weighted by atomic mass is 16.6. The van der Waals surface area contributed by atoms with E-state index < -0.39 is 35.5 Å². The second kappa shape index (κ2) is 11.4. The van der Waals surface area contributed by atoms with Gasteiger partial charge in [0.15, 0.2) is 0 Å². The van der Waals surface area contributed by atoms with Crippen LogP contribution in [0.2, 0.25) is 0 Å².